The number of amides is 1. The molecule has 0 heterocycles. The minimum Gasteiger partial charge on any atom is -0.508 e. The summed E-state index contributed by atoms with van der Waals surface area (Å²) in [4.78, 5) is 13.8. The van der Waals surface area contributed by atoms with E-state index >= 15 is 0 Å². The summed E-state index contributed by atoms with van der Waals surface area (Å²) in [5.74, 6) is 0.409. The molecule has 6 nitrogen and oxygen atoms in total. The molecule has 2 aromatic carbocycles. The molecule has 2 rings (SSSR count). The van der Waals surface area contributed by atoms with E-state index < -0.39 is 0 Å². The quantitative estimate of drug-likeness (QED) is 0.906. The molecular formula is C16H17NO5. The molecule has 1 amide bonds. The Balaban J connectivity index is 2.34. The van der Waals surface area contributed by atoms with E-state index in [4.69, 9.17) is 9.47 Å². The van der Waals surface area contributed by atoms with Gasteiger partial charge in [-0.3, -0.25) is 4.79 Å². The lowest BCUT2D eigenvalue weighted by atomic mass is 10.1. The minimum atomic E-state index is -0.314. The molecule has 0 radical (unpaired) electrons. The van der Waals surface area contributed by atoms with Gasteiger partial charge in [-0.1, -0.05) is 0 Å². The number of benzene rings is 2. The number of carbonyl (C=O) groups excluding carboxylic acids is 1. The molecule has 0 aliphatic heterocycles. The number of phenolic OH excluding ortho intramolecular Hbond substituents is 2. The first-order valence-corrected chi connectivity index (χ1v) is 6.49. The number of aromatic hydroxyl groups is 2. The van der Waals surface area contributed by atoms with Crippen molar-refractivity contribution in [3.63, 3.8) is 0 Å². The van der Waals surface area contributed by atoms with Crippen molar-refractivity contribution in [3.05, 3.63) is 42.0 Å². The molecule has 0 aliphatic rings. The zero-order valence-electron chi connectivity index (χ0n) is 12.5. The lowest BCUT2D eigenvalue weighted by molar-refractivity contribution is 0.0992. The Bertz CT molecular complexity index is 679. The van der Waals surface area contributed by atoms with Crippen LogP contribution in [0, 0.1) is 0 Å². The molecule has 2 N–H and O–H groups in total. The summed E-state index contributed by atoms with van der Waals surface area (Å²) in [5.41, 5.74) is 0.764. The molecule has 0 saturated carbocycles. The van der Waals surface area contributed by atoms with Gasteiger partial charge in [0, 0.05) is 30.8 Å². The van der Waals surface area contributed by atoms with Gasteiger partial charge in [0.2, 0.25) is 0 Å². The topological polar surface area (TPSA) is 79.2 Å². The van der Waals surface area contributed by atoms with Gasteiger partial charge in [0.05, 0.1) is 19.9 Å². The second-order valence-corrected chi connectivity index (χ2v) is 4.64. The normalized spacial score (nSPS) is 10.1. The predicted octanol–water partition coefficient (Wildman–Crippen LogP) is 2.39. The van der Waals surface area contributed by atoms with E-state index in [9.17, 15) is 15.0 Å². The molecule has 0 atom stereocenters. The van der Waals surface area contributed by atoms with E-state index in [2.05, 4.69) is 0 Å². The molecule has 2 aromatic rings. The van der Waals surface area contributed by atoms with Crippen molar-refractivity contribution < 1.29 is 24.5 Å². The highest BCUT2D eigenvalue weighted by Gasteiger charge is 2.17. The van der Waals surface area contributed by atoms with Crippen molar-refractivity contribution in [1.29, 1.82) is 0 Å². The summed E-state index contributed by atoms with van der Waals surface area (Å²) in [7, 11) is 4.55. The van der Waals surface area contributed by atoms with Gasteiger partial charge in [0.1, 0.15) is 11.5 Å². The third-order valence-electron chi connectivity index (χ3n) is 3.21. The highest BCUT2D eigenvalue weighted by Crippen LogP contribution is 2.30. The number of hydrogen-bond acceptors (Lipinski definition) is 5. The summed E-state index contributed by atoms with van der Waals surface area (Å²) < 4.78 is 10.3. The first-order chi connectivity index (χ1) is 10.5. The summed E-state index contributed by atoms with van der Waals surface area (Å²) in [5, 5.41) is 19.0. The number of rotatable bonds is 4. The Morgan fingerprint density at radius 3 is 2.09 bits per heavy atom. The number of ether oxygens (including phenoxy) is 2. The summed E-state index contributed by atoms with van der Waals surface area (Å²) >= 11 is 0. The molecule has 22 heavy (non-hydrogen) atoms. The summed E-state index contributed by atoms with van der Waals surface area (Å²) in [6, 6.07) is 8.79. The van der Waals surface area contributed by atoms with Crippen molar-refractivity contribution in [2.75, 3.05) is 26.2 Å². The number of hydrogen-bond donors (Lipinski definition) is 2. The second kappa shape index (κ2) is 6.26. The van der Waals surface area contributed by atoms with Crippen LogP contribution in [0.1, 0.15) is 10.4 Å². The van der Waals surface area contributed by atoms with Crippen LogP contribution in [0.4, 0.5) is 5.69 Å². The van der Waals surface area contributed by atoms with Crippen LogP contribution in [-0.2, 0) is 0 Å². The average Bonchev–Trinajstić information content (AvgIpc) is 2.51. The highest BCUT2D eigenvalue weighted by atomic mass is 16.5. The van der Waals surface area contributed by atoms with Crippen LogP contribution in [0.15, 0.2) is 36.4 Å². The maximum atomic E-state index is 12.5. The molecule has 0 saturated heterocycles. The van der Waals surface area contributed by atoms with E-state index in [1.807, 2.05) is 0 Å². The van der Waals surface area contributed by atoms with Gasteiger partial charge in [-0.05, 0) is 18.2 Å². The third kappa shape index (κ3) is 3.06. The van der Waals surface area contributed by atoms with Gasteiger partial charge in [-0.2, -0.15) is 0 Å². The molecule has 0 spiro atoms. The van der Waals surface area contributed by atoms with Crippen LogP contribution in [0.3, 0.4) is 0 Å². The molecule has 116 valence electrons. The van der Waals surface area contributed by atoms with Gasteiger partial charge in [-0.25, -0.2) is 0 Å². The van der Waals surface area contributed by atoms with Gasteiger partial charge in [-0.15, -0.1) is 0 Å². The highest BCUT2D eigenvalue weighted by molar-refractivity contribution is 6.06. The molecule has 0 fully saturated rings. The number of anilines is 1. The van der Waals surface area contributed by atoms with Gasteiger partial charge in [0.15, 0.2) is 11.5 Å². The van der Waals surface area contributed by atoms with Crippen molar-refractivity contribution in [2.24, 2.45) is 0 Å². The van der Waals surface area contributed by atoms with E-state index in [1.54, 1.807) is 25.2 Å². The molecule has 0 aromatic heterocycles. The van der Waals surface area contributed by atoms with Crippen molar-refractivity contribution in [2.45, 2.75) is 0 Å². The van der Waals surface area contributed by atoms with Crippen molar-refractivity contribution in [1.82, 2.24) is 0 Å². The van der Waals surface area contributed by atoms with E-state index in [0.717, 1.165) is 0 Å². The predicted molar refractivity (Wildman–Crippen MR) is 82.1 cm³/mol. The molecule has 0 unspecified atom stereocenters. The molecule has 0 aliphatic carbocycles. The fourth-order valence-corrected chi connectivity index (χ4v) is 2.05. The average molecular weight is 303 g/mol. The Kier molecular flexibility index (Phi) is 4.41. The Morgan fingerprint density at radius 2 is 1.55 bits per heavy atom. The maximum Gasteiger partial charge on any atom is 0.258 e. The standard InChI is InChI=1S/C16H17NO5/c1-17(11-7-12(18)9-13(19)8-11)16(20)10-4-5-14(21-2)15(6-10)22-3/h4-9,18-19H,1-3H3. The molecular weight excluding hydrogens is 286 g/mol. The largest absolute Gasteiger partial charge is 0.508 e. The number of carbonyl (C=O) groups is 1. The fraction of sp³-hybridized carbons (Fsp3) is 0.188. The van der Waals surface area contributed by atoms with Gasteiger partial charge in [0.25, 0.3) is 5.91 Å². The Morgan fingerprint density at radius 1 is 0.955 bits per heavy atom. The Hall–Kier alpha value is -2.89. The minimum absolute atomic E-state index is 0.123. The first-order valence-electron chi connectivity index (χ1n) is 6.49. The molecule has 6 heteroatoms. The van der Waals surface area contributed by atoms with Crippen molar-refractivity contribution in [3.8, 4) is 23.0 Å². The van der Waals surface area contributed by atoms with Crippen LogP contribution < -0.4 is 14.4 Å². The number of methoxy groups -OCH3 is 2. The maximum absolute atomic E-state index is 12.5. The summed E-state index contributed by atoms with van der Waals surface area (Å²) in [6.45, 7) is 0. The van der Waals surface area contributed by atoms with Crippen LogP contribution in [0.2, 0.25) is 0 Å². The SMILES string of the molecule is COc1ccc(C(=O)N(C)c2cc(O)cc(O)c2)cc1OC. The van der Waals surface area contributed by atoms with Crippen LogP contribution in [0.5, 0.6) is 23.0 Å². The monoisotopic (exact) mass is 303 g/mol. The third-order valence-corrected chi connectivity index (χ3v) is 3.21. The van der Waals surface area contributed by atoms with Gasteiger partial charge < -0.3 is 24.6 Å². The van der Waals surface area contributed by atoms with Crippen LogP contribution >= 0.6 is 0 Å². The second-order valence-electron chi connectivity index (χ2n) is 4.64. The number of nitrogens with zero attached hydrogens (tertiary/aromatic N) is 1. The van der Waals surface area contributed by atoms with Crippen LogP contribution in [0.25, 0.3) is 0 Å². The smallest absolute Gasteiger partial charge is 0.258 e. The lowest BCUT2D eigenvalue weighted by Gasteiger charge is -2.18. The first kappa shape index (κ1) is 15.5. The van der Waals surface area contributed by atoms with E-state index in [0.29, 0.717) is 22.7 Å². The zero-order chi connectivity index (χ0) is 16.3. The Labute approximate surface area is 128 Å². The lowest BCUT2D eigenvalue weighted by Crippen LogP contribution is -2.26. The number of phenols is 2. The van der Waals surface area contributed by atoms with Crippen LogP contribution in [-0.4, -0.2) is 37.4 Å². The van der Waals surface area contributed by atoms with E-state index in [-0.39, 0.29) is 17.4 Å². The fourth-order valence-electron chi connectivity index (χ4n) is 2.05. The molecule has 0 bridgehead atoms. The van der Waals surface area contributed by atoms with E-state index in [1.165, 1.54) is 37.3 Å². The van der Waals surface area contributed by atoms with Gasteiger partial charge >= 0.3 is 0 Å². The van der Waals surface area contributed by atoms with Crippen molar-refractivity contribution >= 4 is 11.6 Å². The summed E-state index contributed by atoms with van der Waals surface area (Å²) in [6.07, 6.45) is 0. The zero-order valence-corrected chi connectivity index (χ0v) is 12.5.